The third-order valence-electron chi connectivity index (χ3n) is 3.35. The summed E-state index contributed by atoms with van der Waals surface area (Å²) in [5.41, 5.74) is 3.89. The Labute approximate surface area is 143 Å². The lowest BCUT2D eigenvalue weighted by atomic mass is 10.1. The lowest BCUT2D eigenvalue weighted by Gasteiger charge is -2.10. The number of benzene rings is 2. The number of hydrogen-bond acceptors (Lipinski definition) is 2. The van der Waals surface area contributed by atoms with Crippen molar-refractivity contribution in [1.29, 1.82) is 0 Å². The first-order valence-corrected chi connectivity index (χ1v) is 8.53. The number of nitrogens with one attached hydrogen (secondary N) is 1. The minimum atomic E-state index is 0.816. The lowest BCUT2D eigenvalue weighted by molar-refractivity contribution is 0.409. The van der Waals surface area contributed by atoms with Crippen LogP contribution in [0.5, 0.6) is 5.75 Å². The second-order valence-corrected chi connectivity index (χ2v) is 6.57. The molecule has 2 rings (SSSR count). The molecule has 0 aliphatic rings. The highest BCUT2D eigenvalue weighted by atomic mass is 79.9. The van der Waals surface area contributed by atoms with Gasteiger partial charge in [0.2, 0.25) is 0 Å². The van der Waals surface area contributed by atoms with Crippen molar-refractivity contribution < 1.29 is 4.74 Å². The van der Waals surface area contributed by atoms with Gasteiger partial charge in [0.15, 0.2) is 0 Å². The molecule has 2 aromatic carbocycles. The van der Waals surface area contributed by atoms with E-state index < -0.39 is 0 Å². The van der Waals surface area contributed by atoms with Crippen LogP contribution in [0.15, 0.2) is 45.3 Å². The summed E-state index contributed by atoms with van der Waals surface area (Å²) in [6.07, 6.45) is 1.08. The fourth-order valence-corrected chi connectivity index (χ4v) is 3.76. The van der Waals surface area contributed by atoms with Crippen LogP contribution >= 0.6 is 31.9 Å². The minimum Gasteiger partial charge on any atom is -0.494 e. The van der Waals surface area contributed by atoms with E-state index >= 15 is 0 Å². The number of rotatable bonds is 6. The number of halogens is 2. The quantitative estimate of drug-likeness (QED) is 0.714. The van der Waals surface area contributed by atoms with E-state index in [9.17, 15) is 0 Å². The topological polar surface area (TPSA) is 21.3 Å². The zero-order chi connectivity index (χ0) is 15.2. The zero-order valence-corrected chi connectivity index (χ0v) is 15.4. The predicted octanol–water partition coefficient (Wildman–Crippen LogP) is 5.07. The van der Waals surface area contributed by atoms with E-state index in [0.717, 1.165) is 34.2 Å². The fraction of sp³-hybridized carbons (Fsp3) is 0.294. The maximum atomic E-state index is 5.31. The standard InChI is InChI=1S/C17H19Br2NO/c1-3-12-4-6-13(7-5-12)10-20-11-14-8-15(18)17(21-2)16(19)9-14/h4-9,20H,3,10-11H2,1-2H3. The van der Waals surface area contributed by atoms with Crippen molar-refractivity contribution >= 4 is 31.9 Å². The Morgan fingerprint density at radius 2 is 1.43 bits per heavy atom. The SMILES string of the molecule is CCc1ccc(CNCc2cc(Br)c(OC)c(Br)c2)cc1. The van der Waals surface area contributed by atoms with Crippen LogP contribution in [0, 0.1) is 0 Å². The number of hydrogen-bond donors (Lipinski definition) is 1. The molecule has 1 N–H and O–H groups in total. The van der Waals surface area contributed by atoms with Crippen LogP contribution in [-0.4, -0.2) is 7.11 Å². The predicted molar refractivity (Wildman–Crippen MR) is 94.8 cm³/mol. The molecule has 2 nitrogen and oxygen atoms in total. The summed E-state index contributed by atoms with van der Waals surface area (Å²) >= 11 is 7.06. The average molecular weight is 413 g/mol. The van der Waals surface area contributed by atoms with E-state index in [1.165, 1.54) is 16.7 Å². The van der Waals surface area contributed by atoms with E-state index in [1.807, 2.05) is 0 Å². The van der Waals surface area contributed by atoms with E-state index in [1.54, 1.807) is 7.11 Å². The molecular formula is C17H19Br2NO. The van der Waals surface area contributed by atoms with Crippen LogP contribution in [-0.2, 0) is 19.5 Å². The number of aryl methyl sites for hydroxylation is 1. The zero-order valence-electron chi connectivity index (χ0n) is 12.2. The van der Waals surface area contributed by atoms with Gasteiger partial charge in [0, 0.05) is 13.1 Å². The molecule has 0 bridgehead atoms. The van der Waals surface area contributed by atoms with Gasteiger partial charge in [-0.1, -0.05) is 31.2 Å². The number of ether oxygens (including phenoxy) is 1. The monoisotopic (exact) mass is 411 g/mol. The molecule has 112 valence electrons. The minimum absolute atomic E-state index is 0.816. The van der Waals surface area contributed by atoms with Gasteiger partial charge in [-0.15, -0.1) is 0 Å². The van der Waals surface area contributed by atoms with E-state index in [0.29, 0.717) is 0 Å². The molecular weight excluding hydrogens is 394 g/mol. The first-order chi connectivity index (χ1) is 10.1. The van der Waals surface area contributed by atoms with Gasteiger partial charge < -0.3 is 10.1 Å². The molecule has 0 aromatic heterocycles. The number of methoxy groups -OCH3 is 1. The Hall–Kier alpha value is -0.840. The van der Waals surface area contributed by atoms with Crippen molar-refractivity contribution in [3.63, 3.8) is 0 Å². The highest BCUT2D eigenvalue weighted by molar-refractivity contribution is 9.11. The molecule has 0 aliphatic heterocycles. The van der Waals surface area contributed by atoms with Crippen molar-refractivity contribution in [3.05, 3.63) is 62.0 Å². The summed E-state index contributed by atoms with van der Waals surface area (Å²) < 4.78 is 7.24. The molecule has 0 unspecified atom stereocenters. The summed E-state index contributed by atoms with van der Waals surface area (Å²) in [5, 5.41) is 3.46. The van der Waals surface area contributed by atoms with Crippen LogP contribution in [0.3, 0.4) is 0 Å². The molecule has 0 saturated carbocycles. The second-order valence-electron chi connectivity index (χ2n) is 4.87. The summed E-state index contributed by atoms with van der Waals surface area (Å²) in [6.45, 7) is 3.86. The van der Waals surface area contributed by atoms with Crippen molar-refractivity contribution in [2.75, 3.05) is 7.11 Å². The van der Waals surface area contributed by atoms with E-state index in [4.69, 9.17) is 4.74 Å². The van der Waals surface area contributed by atoms with Gasteiger partial charge in [-0.2, -0.15) is 0 Å². The molecule has 2 aromatic rings. The summed E-state index contributed by atoms with van der Waals surface area (Å²) in [7, 11) is 1.67. The van der Waals surface area contributed by atoms with Crippen LogP contribution in [0.25, 0.3) is 0 Å². The maximum Gasteiger partial charge on any atom is 0.147 e. The first-order valence-electron chi connectivity index (χ1n) is 6.94. The Bertz CT molecular complexity index is 573. The lowest BCUT2D eigenvalue weighted by Crippen LogP contribution is -2.12. The highest BCUT2D eigenvalue weighted by Gasteiger charge is 2.07. The smallest absolute Gasteiger partial charge is 0.147 e. The Balaban J connectivity index is 1.93. The molecule has 0 saturated heterocycles. The van der Waals surface area contributed by atoms with E-state index in [-0.39, 0.29) is 0 Å². The van der Waals surface area contributed by atoms with Crippen molar-refractivity contribution in [1.82, 2.24) is 5.32 Å². The molecule has 0 amide bonds. The molecule has 0 aliphatic carbocycles. The van der Waals surface area contributed by atoms with Gasteiger partial charge in [0.05, 0.1) is 16.1 Å². The van der Waals surface area contributed by atoms with Crippen molar-refractivity contribution in [3.8, 4) is 5.75 Å². The molecule has 0 fully saturated rings. The molecule has 0 spiro atoms. The molecule has 0 atom stereocenters. The summed E-state index contributed by atoms with van der Waals surface area (Å²) in [4.78, 5) is 0. The Kier molecular flexibility index (Phi) is 6.27. The van der Waals surface area contributed by atoms with Crippen LogP contribution in [0.4, 0.5) is 0 Å². The summed E-state index contributed by atoms with van der Waals surface area (Å²) in [6, 6.07) is 12.9. The second kappa shape index (κ2) is 7.97. The molecule has 4 heteroatoms. The van der Waals surface area contributed by atoms with Gasteiger partial charge in [-0.3, -0.25) is 0 Å². The maximum absolute atomic E-state index is 5.31. The van der Waals surface area contributed by atoms with Crippen LogP contribution in [0.2, 0.25) is 0 Å². The first kappa shape index (κ1) is 16.5. The molecule has 0 radical (unpaired) electrons. The molecule has 21 heavy (non-hydrogen) atoms. The largest absolute Gasteiger partial charge is 0.494 e. The fourth-order valence-electron chi connectivity index (χ4n) is 2.15. The molecule has 0 heterocycles. The highest BCUT2D eigenvalue weighted by Crippen LogP contribution is 2.34. The van der Waals surface area contributed by atoms with Crippen molar-refractivity contribution in [2.45, 2.75) is 26.4 Å². The third-order valence-corrected chi connectivity index (χ3v) is 4.53. The van der Waals surface area contributed by atoms with Crippen LogP contribution in [0.1, 0.15) is 23.6 Å². The van der Waals surface area contributed by atoms with E-state index in [2.05, 4.69) is 80.5 Å². The van der Waals surface area contributed by atoms with Gasteiger partial charge >= 0.3 is 0 Å². The normalized spacial score (nSPS) is 10.7. The van der Waals surface area contributed by atoms with Gasteiger partial charge in [0.25, 0.3) is 0 Å². The Morgan fingerprint density at radius 1 is 0.905 bits per heavy atom. The summed E-state index contributed by atoms with van der Waals surface area (Å²) in [5.74, 6) is 0.828. The van der Waals surface area contributed by atoms with Gasteiger partial charge in [-0.05, 0) is 67.1 Å². The van der Waals surface area contributed by atoms with Gasteiger partial charge in [-0.25, -0.2) is 0 Å². The van der Waals surface area contributed by atoms with Gasteiger partial charge in [0.1, 0.15) is 5.75 Å². The average Bonchev–Trinajstić information content (AvgIpc) is 2.48. The van der Waals surface area contributed by atoms with Crippen molar-refractivity contribution in [2.24, 2.45) is 0 Å². The van der Waals surface area contributed by atoms with Crippen LogP contribution < -0.4 is 10.1 Å². The Morgan fingerprint density at radius 3 is 1.95 bits per heavy atom. The third kappa shape index (κ3) is 4.56.